The zero-order chi connectivity index (χ0) is 30.8. The predicted molar refractivity (Wildman–Crippen MR) is 183 cm³/mol. The van der Waals surface area contributed by atoms with Crippen LogP contribution >= 0.6 is 0 Å². The van der Waals surface area contributed by atoms with Crippen LogP contribution in [0.3, 0.4) is 0 Å². The van der Waals surface area contributed by atoms with Crippen molar-refractivity contribution < 1.29 is 4.74 Å². The third kappa shape index (κ3) is 5.28. The maximum atomic E-state index is 6.69. The molecule has 8 rings (SSSR count). The molecule has 0 bridgehead atoms. The molecule has 0 radical (unpaired) electrons. The number of benzene rings is 4. The molecule has 6 aromatic rings. The van der Waals surface area contributed by atoms with Gasteiger partial charge >= 0.3 is 0 Å². The van der Waals surface area contributed by atoms with Gasteiger partial charge in [0.2, 0.25) is 0 Å². The quantitative estimate of drug-likeness (QED) is 0.202. The first-order chi connectivity index (χ1) is 22.2. The number of nitrogens with one attached hydrogen (secondary N) is 1. The smallest absolute Gasteiger partial charge is 0.154 e. The number of hydrogen-bond donors (Lipinski definition) is 2. The highest BCUT2D eigenvalue weighted by Crippen LogP contribution is 2.45. The highest BCUT2D eigenvalue weighted by molar-refractivity contribution is 5.90. The largest absolute Gasteiger partial charge is 0.489 e. The van der Waals surface area contributed by atoms with Gasteiger partial charge in [0.05, 0.1) is 22.8 Å². The van der Waals surface area contributed by atoms with Crippen LogP contribution in [-0.2, 0) is 12.1 Å². The van der Waals surface area contributed by atoms with Gasteiger partial charge < -0.3 is 15.8 Å². The van der Waals surface area contributed by atoms with Gasteiger partial charge in [0.25, 0.3) is 0 Å². The van der Waals surface area contributed by atoms with Gasteiger partial charge in [-0.2, -0.15) is 0 Å². The average molecular weight is 592 g/mol. The second kappa shape index (κ2) is 12.1. The van der Waals surface area contributed by atoms with Crippen molar-refractivity contribution in [3.63, 3.8) is 0 Å². The summed E-state index contributed by atoms with van der Waals surface area (Å²) in [6.07, 6.45) is 5.05. The molecule has 45 heavy (non-hydrogen) atoms. The van der Waals surface area contributed by atoms with E-state index in [1.54, 1.807) is 0 Å². The monoisotopic (exact) mass is 591 g/mol. The van der Waals surface area contributed by atoms with Crippen molar-refractivity contribution in [2.75, 3.05) is 5.32 Å². The molecule has 224 valence electrons. The second-order valence-electron chi connectivity index (χ2n) is 11.4. The van der Waals surface area contributed by atoms with Crippen molar-refractivity contribution in [1.82, 2.24) is 14.5 Å². The topological polar surface area (TPSA) is 78.0 Å². The molecule has 6 heteroatoms. The zero-order valence-electron chi connectivity index (χ0n) is 25.7. The number of hydrogen-bond acceptors (Lipinski definition) is 5. The van der Waals surface area contributed by atoms with Crippen molar-refractivity contribution in [2.24, 2.45) is 5.73 Å². The Kier molecular flexibility index (Phi) is 7.66. The van der Waals surface area contributed by atoms with Gasteiger partial charge in [-0.1, -0.05) is 80.6 Å². The minimum absolute atomic E-state index is 0.218. The van der Waals surface area contributed by atoms with Crippen molar-refractivity contribution in [1.29, 1.82) is 0 Å². The molecule has 1 aliphatic carbocycles. The summed E-state index contributed by atoms with van der Waals surface area (Å²) >= 11 is 0. The molecule has 0 saturated heterocycles. The van der Waals surface area contributed by atoms with Gasteiger partial charge in [-0.25, -0.2) is 9.97 Å². The molecular formula is C39H37N5O. The Morgan fingerprint density at radius 3 is 2.24 bits per heavy atom. The first kappa shape index (κ1) is 28.6. The molecule has 0 spiro atoms. The van der Waals surface area contributed by atoms with Crippen LogP contribution in [0.5, 0.6) is 5.75 Å². The first-order valence-corrected chi connectivity index (χ1v) is 15.8. The van der Waals surface area contributed by atoms with Gasteiger partial charge in [0.15, 0.2) is 5.82 Å². The minimum atomic E-state index is -0.218. The normalized spacial score (nSPS) is 13.8. The lowest BCUT2D eigenvalue weighted by molar-refractivity contribution is 0.253. The van der Waals surface area contributed by atoms with E-state index in [-0.39, 0.29) is 5.54 Å². The fourth-order valence-corrected chi connectivity index (χ4v) is 6.15. The highest BCUT2D eigenvalue weighted by Gasteiger charge is 2.34. The van der Waals surface area contributed by atoms with E-state index in [2.05, 4.69) is 82.7 Å². The Balaban J connectivity index is 0.00000160. The molecule has 6 nitrogen and oxygen atoms in total. The molecule has 1 fully saturated rings. The Labute approximate surface area is 264 Å². The molecule has 0 unspecified atom stereocenters. The van der Waals surface area contributed by atoms with E-state index in [1.807, 2.05) is 62.5 Å². The summed E-state index contributed by atoms with van der Waals surface area (Å²) in [6, 6.07) is 39.5. The first-order valence-electron chi connectivity index (χ1n) is 15.8. The van der Waals surface area contributed by atoms with Crippen LogP contribution in [-0.4, -0.2) is 14.5 Å². The van der Waals surface area contributed by atoms with Gasteiger partial charge in [0, 0.05) is 28.4 Å². The summed E-state index contributed by atoms with van der Waals surface area (Å²) in [6.45, 7) is 4.52. The fourth-order valence-electron chi connectivity index (χ4n) is 6.15. The van der Waals surface area contributed by atoms with Crippen molar-refractivity contribution in [3.8, 4) is 45.3 Å². The number of rotatable bonds is 6. The molecule has 2 aliphatic rings. The minimum Gasteiger partial charge on any atom is -0.489 e. The Bertz CT molecular complexity index is 1920. The lowest BCUT2D eigenvalue weighted by Gasteiger charge is -2.38. The summed E-state index contributed by atoms with van der Waals surface area (Å²) in [5.41, 5.74) is 15.7. The van der Waals surface area contributed by atoms with E-state index in [9.17, 15) is 0 Å². The number of nitrogens with two attached hydrogens (primary N) is 1. The van der Waals surface area contributed by atoms with Gasteiger partial charge in [-0.05, 0) is 78.9 Å². The number of fused-ring (bicyclic) bond motifs is 5. The maximum absolute atomic E-state index is 6.69. The molecule has 0 amide bonds. The zero-order valence-corrected chi connectivity index (χ0v) is 25.7. The number of ether oxygens (including phenoxy) is 1. The Hall–Kier alpha value is -5.20. The fraction of sp³-hybridized carbons (Fsp3) is 0.179. The van der Waals surface area contributed by atoms with E-state index in [4.69, 9.17) is 20.4 Å². The molecular weight excluding hydrogens is 554 g/mol. The summed E-state index contributed by atoms with van der Waals surface area (Å²) < 4.78 is 8.34. The molecule has 2 aromatic heterocycles. The summed E-state index contributed by atoms with van der Waals surface area (Å²) in [4.78, 5) is 10.1. The summed E-state index contributed by atoms with van der Waals surface area (Å²) in [5, 5.41) is 3.55. The van der Waals surface area contributed by atoms with E-state index in [1.165, 1.54) is 12.0 Å². The van der Waals surface area contributed by atoms with Crippen LogP contribution in [0.1, 0.15) is 44.2 Å². The van der Waals surface area contributed by atoms with Gasteiger partial charge in [-0.3, -0.25) is 4.57 Å². The van der Waals surface area contributed by atoms with Crippen LogP contribution < -0.4 is 15.8 Å². The molecule has 4 aromatic carbocycles. The van der Waals surface area contributed by atoms with Crippen molar-refractivity contribution in [3.05, 3.63) is 133 Å². The SMILES string of the molecule is CC.NC1(c2ccc(-c3c(-c4ccc(OCc5ccccc5)cc4)nc4n3-c3cccnc3Nc3ccccc3-4)cc2)CCC1. The number of aromatic nitrogens is 3. The van der Waals surface area contributed by atoms with Crippen LogP contribution in [0.2, 0.25) is 0 Å². The van der Waals surface area contributed by atoms with E-state index >= 15 is 0 Å². The third-order valence-electron chi connectivity index (χ3n) is 8.68. The van der Waals surface area contributed by atoms with E-state index in [0.29, 0.717) is 6.61 Å². The Morgan fingerprint density at radius 2 is 1.51 bits per heavy atom. The highest BCUT2D eigenvalue weighted by atomic mass is 16.5. The van der Waals surface area contributed by atoms with E-state index in [0.717, 1.165) is 75.2 Å². The number of nitrogens with zero attached hydrogens (tertiary/aromatic N) is 3. The number of anilines is 2. The van der Waals surface area contributed by atoms with Gasteiger partial charge in [-0.15, -0.1) is 0 Å². The Morgan fingerprint density at radius 1 is 0.800 bits per heavy atom. The predicted octanol–water partition coefficient (Wildman–Crippen LogP) is 9.27. The lowest BCUT2D eigenvalue weighted by Crippen LogP contribution is -2.43. The van der Waals surface area contributed by atoms with Gasteiger partial charge in [0.1, 0.15) is 18.2 Å². The van der Waals surface area contributed by atoms with Crippen LogP contribution in [0.15, 0.2) is 121 Å². The maximum Gasteiger partial charge on any atom is 0.154 e. The van der Waals surface area contributed by atoms with Crippen LogP contribution in [0.25, 0.3) is 39.6 Å². The molecule has 3 heterocycles. The molecule has 1 saturated carbocycles. The summed E-state index contributed by atoms with van der Waals surface area (Å²) in [5.74, 6) is 2.47. The number of para-hydroxylation sites is 1. The lowest BCUT2D eigenvalue weighted by atomic mass is 9.72. The third-order valence-corrected chi connectivity index (χ3v) is 8.68. The average Bonchev–Trinajstić information content (AvgIpc) is 3.42. The second-order valence-corrected chi connectivity index (χ2v) is 11.4. The number of pyridine rings is 1. The molecule has 0 atom stereocenters. The van der Waals surface area contributed by atoms with E-state index < -0.39 is 0 Å². The standard InChI is InChI=1S/C37H31N5O.C2H6/c38-37(21-7-22-37)28-17-13-27(14-18-28)34-33(26-15-19-29(20-16-26)43-24-25-8-2-1-3-9-25)41-36-30-10-4-5-11-31(30)40-35-32(42(34)36)12-6-23-39-35;1-2/h1-6,8-20,23H,7,21-22,24,38H2,(H,39,40);1-2H3. The van der Waals surface area contributed by atoms with Crippen molar-refractivity contribution >= 4 is 11.5 Å². The van der Waals surface area contributed by atoms with Crippen LogP contribution in [0, 0.1) is 0 Å². The van der Waals surface area contributed by atoms with Crippen LogP contribution in [0.4, 0.5) is 11.5 Å². The van der Waals surface area contributed by atoms with Crippen molar-refractivity contribution in [2.45, 2.75) is 45.3 Å². The molecule has 1 aliphatic heterocycles. The summed E-state index contributed by atoms with van der Waals surface area (Å²) in [7, 11) is 0. The molecule has 3 N–H and O–H groups in total. The number of imidazole rings is 1.